The van der Waals surface area contributed by atoms with Gasteiger partial charge in [0.05, 0.1) is 17.0 Å². The second kappa shape index (κ2) is 6.87. The molecule has 0 spiro atoms. The summed E-state index contributed by atoms with van der Waals surface area (Å²) in [5.74, 6) is -1.92. The smallest absolute Gasteiger partial charge is 0.416 e. The van der Waals surface area contributed by atoms with E-state index in [1.165, 1.54) is 11.6 Å². The number of carbonyl (C=O) groups is 1. The number of alkyl halides is 3. The number of halogens is 3. The number of ketones is 1. The van der Waals surface area contributed by atoms with Gasteiger partial charge in [0, 0.05) is 12.1 Å². The molecule has 136 valence electrons. The Morgan fingerprint density at radius 3 is 2.44 bits per heavy atom. The van der Waals surface area contributed by atoms with Gasteiger partial charge in [-0.05, 0) is 31.5 Å². The molecule has 0 bridgehead atoms. The Kier molecular flexibility index (Phi) is 5.21. The molecule has 1 aromatic heterocycles. The number of hydrogen-bond donors (Lipinski definition) is 2. The third-order valence-corrected chi connectivity index (χ3v) is 4.20. The maximum Gasteiger partial charge on any atom is 0.416 e. The Morgan fingerprint density at radius 1 is 1.32 bits per heavy atom. The minimum absolute atomic E-state index is 0.163. The minimum atomic E-state index is -4.67. The van der Waals surface area contributed by atoms with Crippen LogP contribution in [0.2, 0.25) is 0 Å². The van der Waals surface area contributed by atoms with Gasteiger partial charge in [0.15, 0.2) is 0 Å². The van der Waals surface area contributed by atoms with Crippen LogP contribution in [-0.4, -0.2) is 29.1 Å². The lowest BCUT2D eigenvalue weighted by Gasteiger charge is -2.11. The van der Waals surface area contributed by atoms with Gasteiger partial charge in [0.25, 0.3) is 0 Å². The van der Waals surface area contributed by atoms with Gasteiger partial charge in [0.2, 0.25) is 11.7 Å². The predicted molar refractivity (Wildman–Crippen MR) is 83.2 cm³/mol. The van der Waals surface area contributed by atoms with Crippen LogP contribution in [0.25, 0.3) is 0 Å². The summed E-state index contributed by atoms with van der Waals surface area (Å²) in [6, 6.07) is 2.25. The maximum atomic E-state index is 12.8. The molecule has 2 aromatic rings. The predicted octanol–water partition coefficient (Wildman–Crippen LogP) is 2.28. The van der Waals surface area contributed by atoms with Crippen molar-refractivity contribution in [2.75, 3.05) is 0 Å². The van der Waals surface area contributed by atoms with Gasteiger partial charge >= 0.3 is 6.18 Å². The van der Waals surface area contributed by atoms with Crippen molar-refractivity contribution >= 4 is 16.5 Å². The normalized spacial score (nSPS) is 11.9. The number of hydrogen-bond acceptors (Lipinski definition) is 5. The molecule has 0 aliphatic carbocycles. The minimum Gasteiger partial charge on any atom is -0.493 e. The number of carbonyl (C=O) groups excluding carboxylic acids is 1. The molecule has 0 saturated carbocycles. The molecule has 0 atom stereocenters. The molecule has 0 amide bonds. The summed E-state index contributed by atoms with van der Waals surface area (Å²) < 4.78 is 61.7. The third-order valence-electron chi connectivity index (χ3n) is 3.60. The van der Waals surface area contributed by atoms with Gasteiger partial charge in [0.1, 0.15) is 16.3 Å². The molecule has 6 nitrogen and oxygen atoms in total. The first-order valence-corrected chi connectivity index (χ1v) is 8.55. The molecular weight excluding hydrogens is 361 g/mol. The van der Waals surface area contributed by atoms with Crippen LogP contribution in [0.1, 0.15) is 39.7 Å². The fourth-order valence-corrected chi connectivity index (χ4v) is 2.99. The molecular formula is C15H15F3N2O4S. The van der Waals surface area contributed by atoms with E-state index in [9.17, 15) is 31.5 Å². The highest BCUT2D eigenvalue weighted by atomic mass is 32.2. The van der Waals surface area contributed by atoms with Crippen molar-refractivity contribution in [3.8, 4) is 5.88 Å². The van der Waals surface area contributed by atoms with Crippen LogP contribution in [-0.2, 0) is 29.2 Å². The van der Waals surface area contributed by atoms with E-state index in [1.807, 2.05) is 0 Å². The zero-order valence-electron chi connectivity index (χ0n) is 13.3. The zero-order chi connectivity index (χ0) is 18.9. The largest absolute Gasteiger partial charge is 0.493 e. The highest BCUT2D eigenvalue weighted by Crippen LogP contribution is 2.32. The Bertz CT molecular complexity index is 893. The molecule has 0 aliphatic rings. The van der Waals surface area contributed by atoms with Crippen molar-refractivity contribution in [3.63, 3.8) is 0 Å². The highest BCUT2D eigenvalue weighted by Gasteiger charge is 2.32. The van der Waals surface area contributed by atoms with Crippen molar-refractivity contribution in [1.82, 2.24) is 9.78 Å². The molecule has 25 heavy (non-hydrogen) atoms. The molecule has 0 saturated heterocycles. The van der Waals surface area contributed by atoms with E-state index in [4.69, 9.17) is 0 Å². The second-order valence-corrected chi connectivity index (χ2v) is 6.27. The van der Waals surface area contributed by atoms with Crippen LogP contribution in [0, 0.1) is 6.92 Å². The summed E-state index contributed by atoms with van der Waals surface area (Å²) >= 11 is 0. The fourth-order valence-electron chi connectivity index (χ4n) is 2.45. The molecule has 0 unspecified atom stereocenters. The van der Waals surface area contributed by atoms with Crippen LogP contribution < -0.4 is 0 Å². The lowest BCUT2D eigenvalue weighted by molar-refractivity contribution is -0.137. The van der Waals surface area contributed by atoms with Crippen molar-refractivity contribution in [1.29, 1.82) is 0 Å². The molecule has 1 heterocycles. The zero-order valence-corrected chi connectivity index (χ0v) is 14.2. The average molecular weight is 376 g/mol. The van der Waals surface area contributed by atoms with Crippen LogP contribution in [0.3, 0.4) is 0 Å². The van der Waals surface area contributed by atoms with Crippen molar-refractivity contribution < 1.29 is 31.5 Å². The molecule has 0 fully saturated rings. The van der Waals surface area contributed by atoms with Crippen molar-refractivity contribution in [2.45, 2.75) is 32.3 Å². The first-order valence-electron chi connectivity index (χ1n) is 7.19. The van der Waals surface area contributed by atoms with E-state index in [1.54, 1.807) is 6.92 Å². The first-order chi connectivity index (χ1) is 11.6. The monoisotopic (exact) mass is 376 g/mol. The Hall–Kier alpha value is -2.36. The van der Waals surface area contributed by atoms with E-state index in [-0.39, 0.29) is 28.9 Å². The number of aromatic nitrogens is 2. The summed E-state index contributed by atoms with van der Waals surface area (Å²) in [5.41, 5.74) is -1.52. The average Bonchev–Trinajstić information content (AvgIpc) is 2.79. The van der Waals surface area contributed by atoms with Crippen LogP contribution in [0.15, 0.2) is 18.2 Å². The first kappa shape index (κ1) is 19.0. The quantitative estimate of drug-likeness (QED) is 0.617. The van der Waals surface area contributed by atoms with E-state index < -0.39 is 39.9 Å². The number of thiol groups is 1. The molecule has 1 aromatic carbocycles. The second-order valence-electron chi connectivity index (χ2n) is 5.29. The SMILES string of the molecule is CCn1nc(C)c(C(=O)c2ccc(C(F)(F)F)cc2C[SH](=O)=O)c1O. The summed E-state index contributed by atoms with van der Waals surface area (Å²) in [6.07, 6.45) is -4.67. The van der Waals surface area contributed by atoms with Crippen LogP contribution in [0.4, 0.5) is 13.2 Å². The molecule has 1 N–H and O–H groups in total. The topological polar surface area (TPSA) is 89.3 Å². The van der Waals surface area contributed by atoms with E-state index >= 15 is 0 Å². The number of aryl methyl sites for hydroxylation is 2. The van der Waals surface area contributed by atoms with Gasteiger partial charge in [-0.2, -0.15) is 18.3 Å². The molecule has 0 radical (unpaired) electrons. The molecule has 2 rings (SSSR count). The number of aromatic hydroxyl groups is 1. The Balaban J connectivity index is 2.61. The summed E-state index contributed by atoms with van der Waals surface area (Å²) in [7, 11) is -3.05. The van der Waals surface area contributed by atoms with Gasteiger partial charge in [-0.15, -0.1) is 0 Å². The number of benzene rings is 1. The van der Waals surface area contributed by atoms with Crippen molar-refractivity contribution in [2.24, 2.45) is 0 Å². The lowest BCUT2D eigenvalue weighted by atomic mass is 9.97. The maximum absolute atomic E-state index is 12.8. The van der Waals surface area contributed by atoms with Gasteiger partial charge in [-0.1, -0.05) is 6.07 Å². The lowest BCUT2D eigenvalue weighted by Crippen LogP contribution is -2.11. The van der Waals surface area contributed by atoms with Crippen LogP contribution in [0.5, 0.6) is 5.88 Å². The van der Waals surface area contributed by atoms with Gasteiger partial charge < -0.3 is 5.11 Å². The summed E-state index contributed by atoms with van der Waals surface area (Å²) in [5, 5.41) is 14.0. The Morgan fingerprint density at radius 2 is 1.96 bits per heavy atom. The van der Waals surface area contributed by atoms with Crippen LogP contribution >= 0.6 is 0 Å². The van der Waals surface area contributed by atoms with Crippen molar-refractivity contribution in [3.05, 3.63) is 46.1 Å². The fraction of sp³-hybridized carbons (Fsp3) is 0.333. The van der Waals surface area contributed by atoms with E-state index in [0.29, 0.717) is 12.1 Å². The van der Waals surface area contributed by atoms with E-state index in [0.717, 1.165) is 6.07 Å². The molecule has 0 aliphatic heterocycles. The third kappa shape index (κ3) is 3.84. The van der Waals surface area contributed by atoms with E-state index in [2.05, 4.69) is 5.10 Å². The summed E-state index contributed by atoms with van der Waals surface area (Å²) in [6.45, 7) is 3.44. The van der Waals surface area contributed by atoms with Gasteiger partial charge in [-0.25, -0.2) is 13.1 Å². The number of rotatable bonds is 5. The van der Waals surface area contributed by atoms with Gasteiger partial charge in [-0.3, -0.25) is 4.79 Å². The Labute approximate surface area is 142 Å². The summed E-state index contributed by atoms with van der Waals surface area (Å²) in [4.78, 5) is 12.7. The molecule has 10 heteroatoms. The highest BCUT2D eigenvalue weighted by molar-refractivity contribution is 7.71. The number of nitrogens with zero attached hydrogens (tertiary/aromatic N) is 2. The standard InChI is InChI=1S/C15H15F3N2O4S/c1-3-20-14(22)12(8(2)19-20)13(21)11-5-4-10(15(16,17)18)6-9(11)7-25(23)24/h4-6,22,25H,3,7H2,1-2H3.